The third-order valence-electron chi connectivity index (χ3n) is 8.33. The van der Waals surface area contributed by atoms with E-state index < -0.39 is 85.2 Å². The van der Waals surface area contributed by atoms with Crippen LogP contribution in [0.3, 0.4) is 0 Å². The van der Waals surface area contributed by atoms with Crippen LogP contribution in [-0.2, 0) is 10.0 Å². The van der Waals surface area contributed by atoms with Gasteiger partial charge in [0.2, 0.25) is 10.0 Å². The first-order chi connectivity index (χ1) is 21.1. The molecule has 1 saturated carbocycles. The average Bonchev–Trinajstić information content (AvgIpc) is 3.34. The number of alkyl halides is 7. The first-order valence-electron chi connectivity index (χ1n) is 13.7. The van der Waals surface area contributed by atoms with Crippen molar-refractivity contribution in [2.45, 2.75) is 67.7 Å². The van der Waals surface area contributed by atoms with Gasteiger partial charge < -0.3 is 14.9 Å². The second kappa shape index (κ2) is 11.7. The Morgan fingerprint density at radius 1 is 1.04 bits per heavy atom. The largest absolute Gasteiger partial charge is 0.417 e. The Balaban J connectivity index is 1.46. The normalized spacial score (nSPS) is 20.8. The van der Waals surface area contributed by atoms with Crippen LogP contribution in [-0.4, -0.2) is 96.5 Å². The maximum Gasteiger partial charge on any atom is 0.417 e. The van der Waals surface area contributed by atoms with Gasteiger partial charge in [0.15, 0.2) is 10.6 Å². The number of carbonyl (C=O) groups is 2. The number of carbonyl (C=O) groups excluding carboxylic acids is 2. The Morgan fingerprint density at radius 3 is 2.17 bits per heavy atom. The fraction of sp³-hybridized carbons (Fsp3) is 0.577. The quantitative estimate of drug-likeness (QED) is 0.381. The maximum absolute atomic E-state index is 13.8. The van der Waals surface area contributed by atoms with Crippen molar-refractivity contribution in [3.63, 3.8) is 0 Å². The molecule has 1 aromatic heterocycles. The first kappa shape index (κ1) is 35.1. The van der Waals surface area contributed by atoms with Gasteiger partial charge in [-0.1, -0.05) is 29.3 Å². The molecule has 0 unspecified atom stereocenters. The van der Waals surface area contributed by atoms with Crippen molar-refractivity contribution in [3.05, 3.63) is 32.9 Å². The Labute approximate surface area is 271 Å². The number of hydrogen-bond donors (Lipinski definition) is 2. The number of aromatic nitrogens is 1. The van der Waals surface area contributed by atoms with E-state index in [9.17, 15) is 53.8 Å². The number of piperidine rings is 1. The summed E-state index contributed by atoms with van der Waals surface area (Å²) < 4.78 is 119. The fourth-order valence-corrected chi connectivity index (χ4v) is 9.08. The number of nitrogens with one attached hydrogen (secondary N) is 1. The third kappa shape index (κ3) is 6.32. The van der Waals surface area contributed by atoms with Crippen molar-refractivity contribution in [1.29, 1.82) is 0 Å². The van der Waals surface area contributed by atoms with Crippen LogP contribution in [0, 0.1) is 5.41 Å². The molecule has 1 aromatic carbocycles. The van der Waals surface area contributed by atoms with Crippen molar-refractivity contribution in [2.75, 3.05) is 26.2 Å². The van der Waals surface area contributed by atoms with Crippen LogP contribution in [0.2, 0.25) is 10.0 Å². The number of benzene rings is 1. The van der Waals surface area contributed by atoms with Gasteiger partial charge in [-0.2, -0.15) is 31.1 Å². The fourth-order valence-electron chi connectivity index (χ4n) is 5.87. The van der Waals surface area contributed by atoms with Crippen LogP contribution in [0.15, 0.2) is 17.0 Å². The summed E-state index contributed by atoms with van der Waals surface area (Å²) in [5.74, 6) is -1.44. The molecule has 46 heavy (non-hydrogen) atoms. The molecule has 9 nitrogen and oxygen atoms in total. The third-order valence-corrected chi connectivity index (χ3v) is 12.0. The molecule has 3 heterocycles. The van der Waals surface area contributed by atoms with Gasteiger partial charge in [0.1, 0.15) is 22.8 Å². The molecular formula is C26H25Cl2F7N4O5S2. The van der Waals surface area contributed by atoms with Crippen molar-refractivity contribution in [1.82, 2.24) is 19.5 Å². The number of sulfonamides is 1. The van der Waals surface area contributed by atoms with E-state index in [0.717, 1.165) is 12.1 Å². The Kier molecular flexibility index (Phi) is 8.93. The lowest BCUT2D eigenvalue weighted by molar-refractivity contribution is -0.329. The van der Waals surface area contributed by atoms with Gasteiger partial charge in [0, 0.05) is 37.2 Å². The Hall–Kier alpha value is -2.25. The number of halogens is 9. The van der Waals surface area contributed by atoms with Crippen LogP contribution in [0.5, 0.6) is 0 Å². The van der Waals surface area contributed by atoms with E-state index in [0.29, 0.717) is 18.3 Å². The molecule has 1 aliphatic carbocycles. The minimum absolute atomic E-state index is 0.0196. The number of thiazole rings is 1. The molecule has 2 N–H and O–H groups in total. The predicted molar refractivity (Wildman–Crippen MR) is 152 cm³/mol. The zero-order valence-electron chi connectivity index (χ0n) is 23.6. The smallest absolute Gasteiger partial charge is 0.380 e. The van der Waals surface area contributed by atoms with E-state index in [4.69, 9.17) is 23.2 Å². The summed E-state index contributed by atoms with van der Waals surface area (Å²) in [6, 6.07) is -0.516. The first-order valence-corrected chi connectivity index (χ1v) is 16.7. The second-order valence-electron chi connectivity index (χ2n) is 11.8. The minimum atomic E-state index is -4.91. The van der Waals surface area contributed by atoms with E-state index in [-0.39, 0.29) is 60.2 Å². The molecule has 3 fully saturated rings. The van der Waals surface area contributed by atoms with Crippen LogP contribution in [0.4, 0.5) is 30.7 Å². The molecule has 2 aromatic rings. The number of rotatable bonds is 6. The average molecular weight is 742 g/mol. The maximum atomic E-state index is 13.8. The molecule has 2 amide bonds. The van der Waals surface area contributed by atoms with Gasteiger partial charge in [0.05, 0.1) is 14.9 Å². The number of amides is 2. The molecule has 0 radical (unpaired) electrons. The highest BCUT2D eigenvalue weighted by atomic mass is 35.5. The molecule has 5 rings (SSSR count). The molecule has 254 valence electrons. The van der Waals surface area contributed by atoms with Gasteiger partial charge in [-0.25, -0.2) is 17.8 Å². The number of nitrogens with zero attached hydrogens (tertiary/aromatic N) is 3. The Morgan fingerprint density at radius 2 is 1.63 bits per heavy atom. The highest BCUT2D eigenvalue weighted by molar-refractivity contribution is 7.89. The lowest BCUT2D eigenvalue weighted by Gasteiger charge is -2.62. The summed E-state index contributed by atoms with van der Waals surface area (Å²) in [5.41, 5.74) is -4.15. The SMILES string of the molecule is C[C@H](NS(=O)(=O)c1ccc(-c2sc(C(=O)N3CC4(C3)CC(O)(C(F)(F)F)C4)nc2C(=O)N2CCC(F)CC2)c(Cl)c1Cl)C(F)(F)F. The standard InChI is InChI=1S/C26H25Cl2F7N4O5S2/c1-12(25(30,31)32)37-46(43,44)15-3-2-14(16(27)17(15)28)19-18(21(40)38-6-4-13(29)5-7-38)36-20(45-19)22(41)39-10-23(11-39)8-24(42,9-23)26(33,34)35/h2-3,12-13,37,42H,4-11H2,1H3/t12-/m0/s1. The van der Waals surface area contributed by atoms with Gasteiger partial charge in [-0.15, -0.1) is 11.3 Å². The van der Waals surface area contributed by atoms with E-state index >= 15 is 0 Å². The van der Waals surface area contributed by atoms with Crippen molar-refractivity contribution in [2.24, 2.45) is 5.41 Å². The lowest BCUT2D eigenvalue weighted by Crippen LogP contribution is -2.72. The zero-order chi connectivity index (χ0) is 34.2. The molecule has 1 spiro atoms. The summed E-state index contributed by atoms with van der Waals surface area (Å²) in [5, 5.41) is 8.42. The van der Waals surface area contributed by atoms with E-state index in [1.165, 1.54) is 14.5 Å². The topological polar surface area (TPSA) is 120 Å². The summed E-state index contributed by atoms with van der Waals surface area (Å²) in [7, 11) is -4.84. The van der Waals surface area contributed by atoms with E-state index in [1.54, 1.807) is 0 Å². The van der Waals surface area contributed by atoms with Crippen LogP contribution >= 0.6 is 34.5 Å². The van der Waals surface area contributed by atoms with E-state index in [1.807, 2.05) is 0 Å². The number of likely N-dealkylation sites (tertiary alicyclic amines) is 2. The Bertz CT molecular complexity index is 1660. The van der Waals surface area contributed by atoms with Gasteiger partial charge in [0.25, 0.3) is 11.8 Å². The molecule has 1 atom stereocenters. The molecular weight excluding hydrogens is 716 g/mol. The molecule has 2 aliphatic heterocycles. The molecule has 20 heteroatoms. The monoisotopic (exact) mass is 740 g/mol. The van der Waals surface area contributed by atoms with Gasteiger partial charge in [-0.05, 0) is 38.7 Å². The van der Waals surface area contributed by atoms with Crippen molar-refractivity contribution >= 4 is 56.4 Å². The molecule has 3 aliphatic rings. The number of hydrogen-bond acceptors (Lipinski definition) is 7. The van der Waals surface area contributed by atoms with Crippen LogP contribution < -0.4 is 4.72 Å². The van der Waals surface area contributed by atoms with E-state index in [2.05, 4.69) is 4.98 Å². The summed E-state index contributed by atoms with van der Waals surface area (Å²) in [4.78, 5) is 32.8. The zero-order valence-corrected chi connectivity index (χ0v) is 26.8. The summed E-state index contributed by atoms with van der Waals surface area (Å²) in [6.07, 6.45) is -11.9. The molecule has 0 bridgehead atoms. The van der Waals surface area contributed by atoms with Gasteiger partial charge >= 0.3 is 12.4 Å². The highest BCUT2D eigenvalue weighted by Gasteiger charge is 2.70. The van der Waals surface area contributed by atoms with Crippen LogP contribution in [0.1, 0.15) is 52.9 Å². The highest BCUT2D eigenvalue weighted by Crippen LogP contribution is 2.59. The van der Waals surface area contributed by atoms with Crippen molar-refractivity contribution < 1.29 is 53.8 Å². The van der Waals surface area contributed by atoms with Crippen LogP contribution in [0.25, 0.3) is 10.4 Å². The summed E-state index contributed by atoms with van der Waals surface area (Å²) in [6.45, 7) is 0.420. The van der Waals surface area contributed by atoms with Gasteiger partial charge in [-0.3, -0.25) is 9.59 Å². The predicted octanol–water partition coefficient (Wildman–Crippen LogP) is 5.45. The number of aliphatic hydroxyl groups is 1. The minimum Gasteiger partial charge on any atom is -0.380 e. The molecule has 2 saturated heterocycles. The summed E-state index contributed by atoms with van der Waals surface area (Å²) >= 11 is 13.3. The lowest BCUT2D eigenvalue weighted by atomic mass is 9.55. The van der Waals surface area contributed by atoms with Crippen molar-refractivity contribution in [3.8, 4) is 10.4 Å². The second-order valence-corrected chi connectivity index (χ2v) is 15.3.